The molecule has 0 aromatic heterocycles. The van der Waals surface area contributed by atoms with Gasteiger partial charge >= 0.3 is 0 Å². The number of allylic oxidation sites excluding steroid dienone is 1. The normalized spacial score (nSPS) is 7.44. The monoisotopic (exact) mass is 134 g/mol. The molecule has 0 heterocycles. The lowest BCUT2D eigenvalue weighted by molar-refractivity contribution is 0.162. The van der Waals surface area contributed by atoms with Crippen molar-refractivity contribution in [2.45, 2.75) is 13.8 Å². The van der Waals surface area contributed by atoms with Gasteiger partial charge in [0.2, 0.25) is 0 Å². The average molecular weight is 134 g/mol. The van der Waals surface area contributed by atoms with Crippen molar-refractivity contribution in [3.05, 3.63) is 12.7 Å². The van der Waals surface area contributed by atoms with Gasteiger partial charge in [0.25, 0.3) is 0 Å². The van der Waals surface area contributed by atoms with Crippen molar-refractivity contribution >= 4 is 0 Å². The summed E-state index contributed by atoms with van der Waals surface area (Å²) in [5.74, 6) is 0. The second-order valence-corrected chi connectivity index (χ2v) is 1.22. The highest BCUT2D eigenvalue weighted by Gasteiger charge is 1.64. The SMILES string of the molecule is C=CCF.CCOCC. The van der Waals surface area contributed by atoms with Crippen molar-refractivity contribution in [1.29, 1.82) is 0 Å². The fraction of sp³-hybridized carbons (Fsp3) is 0.714. The second kappa shape index (κ2) is 15.6. The van der Waals surface area contributed by atoms with Crippen molar-refractivity contribution in [2.75, 3.05) is 19.9 Å². The predicted molar refractivity (Wildman–Crippen MR) is 38.3 cm³/mol. The summed E-state index contributed by atoms with van der Waals surface area (Å²) in [5, 5.41) is 0. The molecular formula is C7H15FO. The van der Waals surface area contributed by atoms with Gasteiger partial charge in [0.1, 0.15) is 6.67 Å². The first kappa shape index (κ1) is 11.4. The van der Waals surface area contributed by atoms with Gasteiger partial charge < -0.3 is 4.74 Å². The zero-order valence-electron chi connectivity index (χ0n) is 6.19. The van der Waals surface area contributed by atoms with E-state index in [2.05, 4.69) is 6.58 Å². The van der Waals surface area contributed by atoms with Crippen molar-refractivity contribution in [3.8, 4) is 0 Å². The molecule has 0 bridgehead atoms. The molecule has 9 heavy (non-hydrogen) atoms. The Morgan fingerprint density at radius 2 is 1.78 bits per heavy atom. The van der Waals surface area contributed by atoms with E-state index in [1.54, 1.807) is 0 Å². The van der Waals surface area contributed by atoms with E-state index in [1.165, 1.54) is 6.08 Å². The van der Waals surface area contributed by atoms with Crippen LogP contribution >= 0.6 is 0 Å². The lowest BCUT2D eigenvalue weighted by Crippen LogP contribution is -1.84. The van der Waals surface area contributed by atoms with Crippen LogP contribution in [-0.2, 0) is 4.74 Å². The Bertz CT molecular complexity index is 44.2. The molecule has 0 rings (SSSR count). The van der Waals surface area contributed by atoms with Crippen LogP contribution in [0.4, 0.5) is 4.39 Å². The minimum atomic E-state index is -0.417. The van der Waals surface area contributed by atoms with E-state index in [-0.39, 0.29) is 0 Å². The van der Waals surface area contributed by atoms with E-state index >= 15 is 0 Å². The van der Waals surface area contributed by atoms with Crippen LogP contribution in [-0.4, -0.2) is 19.9 Å². The molecule has 0 aliphatic rings. The van der Waals surface area contributed by atoms with E-state index < -0.39 is 6.67 Å². The molecular weight excluding hydrogens is 119 g/mol. The zero-order valence-corrected chi connectivity index (χ0v) is 6.19. The third-order valence-electron chi connectivity index (χ3n) is 0.517. The van der Waals surface area contributed by atoms with E-state index in [4.69, 9.17) is 4.74 Å². The van der Waals surface area contributed by atoms with Crippen molar-refractivity contribution in [1.82, 2.24) is 0 Å². The Kier molecular flexibility index (Phi) is 19.9. The Morgan fingerprint density at radius 1 is 1.44 bits per heavy atom. The van der Waals surface area contributed by atoms with Gasteiger partial charge in [-0.05, 0) is 13.8 Å². The van der Waals surface area contributed by atoms with Crippen LogP contribution in [0.15, 0.2) is 12.7 Å². The van der Waals surface area contributed by atoms with E-state index in [1.807, 2.05) is 13.8 Å². The average Bonchev–Trinajstić information content (AvgIpc) is 1.91. The van der Waals surface area contributed by atoms with Crippen molar-refractivity contribution < 1.29 is 9.13 Å². The Hall–Kier alpha value is -0.370. The van der Waals surface area contributed by atoms with E-state index in [9.17, 15) is 4.39 Å². The topological polar surface area (TPSA) is 9.23 Å². The number of halogens is 1. The third kappa shape index (κ3) is 35.0. The third-order valence-corrected chi connectivity index (χ3v) is 0.517. The maximum atomic E-state index is 10.6. The number of hydrogen-bond acceptors (Lipinski definition) is 1. The lowest BCUT2D eigenvalue weighted by atomic mass is 10.7. The summed E-state index contributed by atoms with van der Waals surface area (Å²) in [7, 11) is 0. The first-order valence-corrected chi connectivity index (χ1v) is 3.08. The summed E-state index contributed by atoms with van der Waals surface area (Å²) >= 11 is 0. The predicted octanol–water partition coefficient (Wildman–Crippen LogP) is 2.18. The van der Waals surface area contributed by atoms with Gasteiger partial charge in [-0.25, -0.2) is 4.39 Å². The number of ether oxygens (including phenoxy) is 1. The highest BCUT2D eigenvalue weighted by Crippen LogP contribution is 1.64. The first-order valence-electron chi connectivity index (χ1n) is 3.08. The number of hydrogen-bond donors (Lipinski definition) is 0. The molecule has 0 aromatic carbocycles. The Morgan fingerprint density at radius 3 is 1.78 bits per heavy atom. The fourth-order valence-corrected chi connectivity index (χ4v) is 0.204. The second-order valence-electron chi connectivity index (χ2n) is 1.22. The molecule has 0 atom stereocenters. The quantitative estimate of drug-likeness (QED) is 0.537. The molecule has 1 nitrogen and oxygen atoms in total. The van der Waals surface area contributed by atoms with Gasteiger partial charge in [0.15, 0.2) is 0 Å². The van der Waals surface area contributed by atoms with Gasteiger partial charge in [-0.2, -0.15) is 0 Å². The summed E-state index contributed by atoms with van der Waals surface area (Å²) in [6.07, 6.45) is 1.21. The maximum Gasteiger partial charge on any atom is 0.107 e. The first-order chi connectivity index (χ1) is 4.33. The molecule has 0 N–H and O–H groups in total. The van der Waals surface area contributed by atoms with Crippen LogP contribution in [0.5, 0.6) is 0 Å². The van der Waals surface area contributed by atoms with E-state index in [0.29, 0.717) is 0 Å². The van der Waals surface area contributed by atoms with Crippen molar-refractivity contribution in [3.63, 3.8) is 0 Å². The summed E-state index contributed by atoms with van der Waals surface area (Å²) < 4.78 is 15.4. The molecule has 0 aromatic rings. The fourth-order valence-electron chi connectivity index (χ4n) is 0.204. The Balaban J connectivity index is 0. The van der Waals surface area contributed by atoms with Gasteiger partial charge in [-0.15, -0.1) is 6.58 Å². The van der Waals surface area contributed by atoms with Crippen LogP contribution < -0.4 is 0 Å². The standard InChI is InChI=1S/C4H10O.C3H5F/c1-3-5-4-2;1-2-3-4/h3-4H2,1-2H3;2H,1,3H2. The molecule has 0 fully saturated rings. The minimum absolute atomic E-state index is 0.417. The minimum Gasteiger partial charge on any atom is -0.382 e. The molecule has 0 radical (unpaired) electrons. The molecule has 0 amide bonds. The molecule has 0 aliphatic carbocycles. The molecule has 0 spiro atoms. The van der Waals surface area contributed by atoms with Crippen LogP contribution in [0.3, 0.4) is 0 Å². The molecule has 0 saturated heterocycles. The number of alkyl halides is 1. The van der Waals surface area contributed by atoms with Crippen LogP contribution in [0, 0.1) is 0 Å². The smallest absolute Gasteiger partial charge is 0.107 e. The lowest BCUT2D eigenvalue weighted by Gasteiger charge is -1.86. The summed E-state index contributed by atoms with van der Waals surface area (Å²) in [4.78, 5) is 0. The number of rotatable bonds is 3. The zero-order chi connectivity index (χ0) is 7.54. The van der Waals surface area contributed by atoms with Gasteiger partial charge in [0.05, 0.1) is 0 Å². The highest BCUT2D eigenvalue weighted by atomic mass is 19.1. The van der Waals surface area contributed by atoms with Gasteiger partial charge in [0, 0.05) is 13.2 Å². The highest BCUT2D eigenvalue weighted by molar-refractivity contribution is 4.61. The van der Waals surface area contributed by atoms with Crippen LogP contribution in [0.1, 0.15) is 13.8 Å². The summed E-state index contributed by atoms with van der Waals surface area (Å²) in [6.45, 7) is 8.35. The summed E-state index contributed by atoms with van der Waals surface area (Å²) in [5.41, 5.74) is 0. The van der Waals surface area contributed by atoms with Crippen LogP contribution in [0.2, 0.25) is 0 Å². The van der Waals surface area contributed by atoms with Gasteiger partial charge in [-0.3, -0.25) is 0 Å². The maximum absolute atomic E-state index is 10.6. The molecule has 0 unspecified atom stereocenters. The van der Waals surface area contributed by atoms with E-state index in [0.717, 1.165) is 13.2 Å². The molecule has 0 saturated carbocycles. The summed E-state index contributed by atoms with van der Waals surface area (Å²) in [6, 6.07) is 0. The largest absolute Gasteiger partial charge is 0.382 e. The van der Waals surface area contributed by atoms with Crippen LogP contribution in [0.25, 0.3) is 0 Å². The molecule has 0 aliphatic heterocycles. The Labute approximate surface area is 56.5 Å². The van der Waals surface area contributed by atoms with Gasteiger partial charge in [-0.1, -0.05) is 6.08 Å². The molecule has 2 heteroatoms. The van der Waals surface area contributed by atoms with Crippen molar-refractivity contribution in [2.24, 2.45) is 0 Å². The molecule has 56 valence electrons.